The van der Waals surface area contributed by atoms with Gasteiger partial charge in [0, 0.05) is 18.2 Å². The highest BCUT2D eigenvalue weighted by Crippen LogP contribution is 2.38. The van der Waals surface area contributed by atoms with Crippen molar-refractivity contribution >= 4 is 5.91 Å². The zero-order valence-corrected chi connectivity index (χ0v) is 11.2. The second kappa shape index (κ2) is 5.82. The normalized spacial score (nSPS) is 14.0. The Bertz CT molecular complexity index is 594. The van der Waals surface area contributed by atoms with Crippen LogP contribution in [0.3, 0.4) is 0 Å². The summed E-state index contributed by atoms with van der Waals surface area (Å²) in [5, 5.41) is 2.90. The highest BCUT2D eigenvalue weighted by Gasteiger charge is 2.25. The van der Waals surface area contributed by atoms with Crippen molar-refractivity contribution in [1.29, 1.82) is 0 Å². The van der Waals surface area contributed by atoms with Gasteiger partial charge in [-0.05, 0) is 30.9 Å². The number of nitrogens with zero attached hydrogens (tertiary/aromatic N) is 2. The number of rotatable bonds is 5. The zero-order valence-electron chi connectivity index (χ0n) is 11.2. The average Bonchev–Trinajstić information content (AvgIpc) is 3.33. The van der Waals surface area contributed by atoms with E-state index in [4.69, 9.17) is 0 Å². The lowest BCUT2D eigenvalue weighted by atomic mass is 10.1. The van der Waals surface area contributed by atoms with E-state index >= 15 is 0 Å². The molecule has 0 radical (unpaired) electrons. The Morgan fingerprint density at radius 3 is 2.75 bits per heavy atom. The third-order valence-corrected chi connectivity index (χ3v) is 3.46. The van der Waals surface area contributed by atoms with E-state index in [1.165, 1.54) is 24.7 Å². The fourth-order valence-corrected chi connectivity index (χ4v) is 2.15. The molecule has 1 aliphatic carbocycles. The molecule has 1 heterocycles. The van der Waals surface area contributed by atoms with Gasteiger partial charge in [-0.1, -0.05) is 30.3 Å². The van der Waals surface area contributed by atoms with Gasteiger partial charge in [0.2, 0.25) is 0 Å². The van der Waals surface area contributed by atoms with Gasteiger partial charge in [-0.2, -0.15) is 0 Å². The molecule has 20 heavy (non-hydrogen) atoms. The van der Waals surface area contributed by atoms with Gasteiger partial charge in [0.15, 0.2) is 0 Å². The quantitative estimate of drug-likeness (QED) is 0.904. The molecular weight excluding hydrogens is 250 g/mol. The Morgan fingerprint density at radius 2 is 2.00 bits per heavy atom. The van der Waals surface area contributed by atoms with Crippen molar-refractivity contribution in [3.8, 4) is 0 Å². The molecule has 0 saturated heterocycles. The van der Waals surface area contributed by atoms with Crippen LogP contribution in [0.2, 0.25) is 0 Å². The van der Waals surface area contributed by atoms with E-state index in [0.29, 0.717) is 18.2 Å². The van der Waals surface area contributed by atoms with E-state index in [0.717, 1.165) is 12.1 Å². The summed E-state index contributed by atoms with van der Waals surface area (Å²) < 4.78 is 0. The van der Waals surface area contributed by atoms with Gasteiger partial charge in [-0.15, -0.1) is 0 Å². The number of carbonyl (C=O) groups is 1. The molecule has 1 amide bonds. The molecular formula is C16H17N3O. The summed E-state index contributed by atoms with van der Waals surface area (Å²) in [6.07, 6.45) is 4.66. The number of amides is 1. The summed E-state index contributed by atoms with van der Waals surface area (Å²) in [5.41, 5.74) is 2.68. The highest BCUT2D eigenvalue weighted by atomic mass is 16.1. The first-order chi connectivity index (χ1) is 9.83. The lowest BCUT2D eigenvalue weighted by Gasteiger charge is -2.05. The van der Waals surface area contributed by atoms with Crippen LogP contribution < -0.4 is 5.32 Å². The third-order valence-electron chi connectivity index (χ3n) is 3.46. The maximum Gasteiger partial charge on any atom is 0.270 e. The van der Waals surface area contributed by atoms with Crippen molar-refractivity contribution in [1.82, 2.24) is 15.3 Å². The van der Waals surface area contributed by atoms with Crippen molar-refractivity contribution in [2.45, 2.75) is 25.2 Å². The van der Waals surface area contributed by atoms with Crippen LogP contribution in [0.5, 0.6) is 0 Å². The third kappa shape index (κ3) is 3.20. The first kappa shape index (κ1) is 12.8. The molecule has 1 aromatic heterocycles. The number of carbonyl (C=O) groups excluding carboxylic acids is 1. The standard InChI is InChI=1S/C16H17N3O/c20-16(17-9-8-12-4-2-1-3-5-12)15-10-14(13-6-7-13)18-11-19-15/h1-5,10-11,13H,6-9H2,(H,17,20). The van der Waals surface area contributed by atoms with E-state index in [9.17, 15) is 4.79 Å². The van der Waals surface area contributed by atoms with Crippen LogP contribution in [-0.2, 0) is 6.42 Å². The second-order valence-corrected chi connectivity index (χ2v) is 5.09. The van der Waals surface area contributed by atoms with Crippen LogP contribution >= 0.6 is 0 Å². The second-order valence-electron chi connectivity index (χ2n) is 5.09. The zero-order chi connectivity index (χ0) is 13.8. The maximum atomic E-state index is 12.0. The van der Waals surface area contributed by atoms with E-state index in [2.05, 4.69) is 27.4 Å². The Labute approximate surface area is 118 Å². The van der Waals surface area contributed by atoms with E-state index in [1.54, 1.807) is 0 Å². The molecule has 1 fully saturated rings. The Kier molecular flexibility index (Phi) is 3.72. The Balaban J connectivity index is 1.55. The molecule has 1 N–H and O–H groups in total. The molecule has 0 bridgehead atoms. The van der Waals surface area contributed by atoms with Crippen LogP contribution in [0.25, 0.3) is 0 Å². The van der Waals surface area contributed by atoms with E-state index in [1.807, 2.05) is 24.3 Å². The summed E-state index contributed by atoms with van der Waals surface area (Å²) >= 11 is 0. The van der Waals surface area contributed by atoms with Crippen molar-refractivity contribution in [2.75, 3.05) is 6.54 Å². The van der Waals surface area contributed by atoms with Crippen LogP contribution in [0, 0.1) is 0 Å². The fourth-order valence-electron chi connectivity index (χ4n) is 2.15. The SMILES string of the molecule is O=C(NCCc1ccccc1)c1cc(C2CC2)ncn1. The largest absolute Gasteiger partial charge is 0.350 e. The molecule has 1 saturated carbocycles. The van der Waals surface area contributed by atoms with Crippen molar-refractivity contribution in [2.24, 2.45) is 0 Å². The number of aromatic nitrogens is 2. The molecule has 4 nitrogen and oxygen atoms in total. The molecule has 0 spiro atoms. The van der Waals surface area contributed by atoms with Gasteiger partial charge < -0.3 is 5.32 Å². The summed E-state index contributed by atoms with van der Waals surface area (Å²) in [6.45, 7) is 0.617. The van der Waals surface area contributed by atoms with E-state index in [-0.39, 0.29) is 5.91 Å². The molecule has 102 valence electrons. The summed E-state index contributed by atoms with van der Waals surface area (Å²) in [6, 6.07) is 11.9. The maximum absolute atomic E-state index is 12.0. The molecule has 0 unspecified atom stereocenters. The number of nitrogens with one attached hydrogen (secondary N) is 1. The Morgan fingerprint density at radius 1 is 1.20 bits per heavy atom. The molecule has 1 aliphatic rings. The van der Waals surface area contributed by atoms with Gasteiger partial charge in [0.05, 0.1) is 0 Å². The predicted octanol–water partition coefficient (Wildman–Crippen LogP) is 2.33. The van der Waals surface area contributed by atoms with Gasteiger partial charge >= 0.3 is 0 Å². The molecule has 2 aromatic rings. The number of hydrogen-bond donors (Lipinski definition) is 1. The van der Waals surface area contributed by atoms with Gasteiger partial charge in [0.25, 0.3) is 5.91 Å². The Hall–Kier alpha value is -2.23. The fraction of sp³-hybridized carbons (Fsp3) is 0.312. The van der Waals surface area contributed by atoms with Gasteiger partial charge in [-0.3, -0.25) is 4.79 Å². The lowest BCUT2D eigenvalue weighted by Crippen LogP contribution is -2.26. The molecule has 3 rings (SSSR count). The smallest absolute Gasteiger partial charge is 0.270 e. The number of benzene rings is 1. The van der Waals surface area contributed by atoms with Gasteiger partial charge in [-0.25, -0.2) is 9.97 Å². The van der Waals surface area contributed by atoms with Crippen LogP contribution in [0.4, 0.5) is 0 Å². The van der Waals surface area contributed by atoms with Gasteiger partial charge in [0.1, 0.15) is 12.0 Å². The first-order valence-corrected chi connectivity index (χ1v) is 6.97. The van der Waals surface area contributed by atoms with Crippen LogP contribution in [0.15, 0.2) is 42.7 Å². The average molecular weight is 267 g/mol. The van der Waals surface area contributed by atoms with Crippen molar-refractivity contribution < 1.29 is 4.79 Å². The summed E-state index contributed by atoms with van der Waals surface area (Å²) in [4.78, 5) is 20.3. The molecule has 0 atom stereocenters. The minimum absolute atomic E-state index is 0.120. The van der Waals surface area contributed by atoms with Crippen molar-refractivity contribution in [3.63, 3.8) is 0 Å². The van der Waals surface area contributed by atoms with Crippen LogP contribution in [-0.4, -0.2) is 22.4 Å². The lowest BCUT2D eigenvalue weighted by molar-refractivity contribution is 0.0949. The monoisotopic (exact) mass is 267 g/mol. The number of hydrogen-bond acceptors (Lipinski definition) is 3. The topological polar surface area (TPSA) is 54.9 Å². The van der Waals surface area contributed by atoms with Crippen LogP contribution in [0.1, 0.15) is 40.5 Å². The minimum atomic E-state index is -0.120. The summed E-state index contributed by atoms with van der Waals surface area (Å²) in [7, 11) is 0. The first-order valence-electron chi connectivity index (χ1n) is 6.97. The molecule has 0 aliphatic heterocycles. The molecule has 1 aromatic carbocycles. The minimum Gasteiger partial charge on any atom is -0.350 e. The van der Waals surface area contributed by atoms with E-state index < -0.39 is 0 Å². The van der Waals surface area contributed by atoms with Crippen molar-refractivity contribution in [3.05, 3.63) is 59.7 Å². The highest BCUT2D eigenvalue weighted by molar-refractivity contribution is 5.92. The predicted molar refractivity (Wildman–Crippen MR) is 76.5 cm³/mol. The summed E-state index contributed by atoms with van der Waals surface area (Å²) in [5.74, 6) is 0.416. The molecule has 4 heteroatoms.